The summed E-state index contributed by atoms with van der Waals surface area (Å²) in [5.41, 5.74) is 2.03. The lowest BCUT2D eigenvalue weighted by Gasteiger charge is -2.35. The van der Waals surface area contributed by atoms with Crippen molar-refractivity contribution in [3.63, 3.8) is 0 Å². The Morgan fingerprint density at radius 1 is 1.21 bits per heavy atom. The number of hydrogen-bond acceptors (Lipinski definition) is 6. The number of aromatic nitrogens is 1. The van der Waals surface area contributed by atoms with E-state index in [1.54, 1.807) is 13.3 Å². The number of ether oxygens (including phenoxy) is 1. The molecule has 0 N–H and O–H groups in total. The maximum absolute atomic E-state index is 11.7. The van der Waals surface area contributed by atoms with E-state index in [4.69, 9.17) is 4.74 Å². The number of aldehydes is 1. The standard InChI is InChI=1S/C16H19N3O4S/c1-23-13-3-4-15-14(9-13)16(12(11-20)10-17-15)18-5-7-19(8-6-18)24(2,21)22/h3-4,9-11H,5-8H2,1-2H3. The summed E-state index contributed by atoms with van der Waals surface area (Å²) in [6.45, 7) is 1.82. The molecule has 0 aliphatic carbocycles. The highest BCUT2D eigenvalue weighted by atomic mass is 32.2. The molecule has 7 nitrogen and oxygen atoms in total. The fourth-order valence-electron chi connectivity index (χ4n) is 2.98. The van der Waals surface area contributed by atoms with Gasteiger partial charge in [0, 0.05) is 37.8 Å². The number of fused-ring (bicyclic) bond motifs is 1. The molecule has 24 heavy (non-hydrogen) atoms. The van der Waals surface area contributed by atoms with Crippen LogP contribution in [0.1, 0.15) is 10.4 Å². The number of anilines is 1. The maximum atomic E-state index is 11.7. The normalized spacial score (nSPS) is 16.3. The summed E-state index contributed by atoms with van der Waals surface area (Å²) in [6.07, 6.45) is 3.55. The Kier molecular flexibility index (Phi) is 4.42. The third-order valence-electron chi connectivity index (χ3n) is 4.23. The highest BCUT2D eigenvalue weighted by Crippen LogP contribution is 2.32. The summed E-state index contributed by atoms with van der Waals surface area (Å²) in [7, 11) is -1.61. The summed E-state index contributed by atoms with van der Waals surface area (Å²) in [5.74, 6) is 0.684. The molecule has 1 aromatic carbocycles. The van der Waals surface area contributed by atoms with Crippen molar-refractivity contribution in [2.45, 2.75) is 0 Å². The van der Waals surface area contributed by atoms with E-state index >= 15 is 0 Å². The fraction of sp³-hybridized carbons (Fsp3) is 0.375. The van der Waals surface area contributed by atoms with Crippen LogP contribution in [0.3, 0.4) is 0 Å². The number of carbonyl (C=O) groups is 1. The molecule has 2 heterocycles. The van der Waals surface area contributed by atoms with Gasteiger partial charge in [0.25, 0.3) is 0 Å². The highest BCUT2D eigenvalue weighted by Gasteiger charge is 2.26. The smallest absolute Gasteiger partial charge is 0.211 e. The van der Waals surface area contributed by atoms with Crippen LogP contribution in [-0.2, 0) is 10.0 Å². The van der Waals surface area contributed by atoms with Crippen molar-refractivity contribution < 1.29 is 17.9 Å². The van der Waals surface area contributed by atoms with Crippen LogP contribution >= 0.6 is 0 Å². The molecule has 1 aromatic heterocycles. The third kappa shape index (κ3) is 3.07. The maximum Gasteiger partial charge on any atom is 0.211 e. The first-order chi connectivity index (χ1) is 11.4. The Hall–Kier alpha value is -2.19. The molecule has 0 amide bonds. The van der Waals surface area contributed by atoms with E-state index in [0.29, 0.717) is 37.5 Å². The van der Waals surface area contributed by atoms with E-state index < -0.39 is 10.0 Å². The molecule has 128 valence electrons. The van der Waals surface area contributed by atoms with E-state index in [0.717, 1.165) is 22.9 Å². The van der Waals surface area contributed by atoms with Crippen molar-refractivity contribution in [1.29, 1.82) is 0 Å². The molecule has 0 bridgehead atoms. The van der Waals surface area contributed by atoms with Crippen molar-refractivity contribution in [3.05, 3.63) is 30.0 Å². The lowest BCUT2D eigenvalue weighted by Crippen LogP contribution is -2.48. The van der Waals surface area contributed by atoms with E-state index in [1.807, 2.05) is 23.1 Å². The SMILES string of the molecule is COc1ccc2ncc(C=O)c(N3CCN(S(C)(=O)=O)CC3)c2c1. The number of sulfonamides is 1. The Bertz CT molecular complexity index is 874. The number of piperazine rings is 1. The van der Waals surface area contributed by atoms with Gasteiger partial charge in [-0.15, -0.1) is 0 Å². The quantitative estimate of drug-likeness (QED) is 0.770. The molecule has 1 saturated heterocycles. The molecule has 8 heteroatoms. The van der Waals surface area contributed by atoms with Crippen molar-refractivity contribution in [3.8, 4) is 5.75 Å². The van der Waals surface area contributed by atoms with Gasteiger partial charge in [-0.1, -0.05) is 0 Å². The van der Waals surface area contributed by atoms with Gasteiger partial charge in [0.05, 0.1) is 30.1 Å². The van der Waals surface area contributed by atoms with Gasteiger partial charge in [0.2, 0.25) is 10.0 Å². The number of pyridine rings is 1. The van der Waals surface area contributed by atoms with Gasteiger partial charge >= 0.3 is 0 Å². The van der Waals surface area contributed by atoms with E-state index in [9.17, 15) is 13.2 Å². The molecule has 1 aliphatic heterocycles. The summed E-state index contributed by atoms with van der Waals surface area (Å²) in [4.78, 5) is 17.8. The average molecular weight is 349 g/mol. The minimum atomic E-state index is -3.20. The number of benzene rings is 1. The second kappa shape index (κ2) is 6.37. The van der Waals surface area contributed by atoms with Crippen LogP contribution in [0.25, 0.3) is 10.9 Å². The number of rotatable bonds is 4. The molecule has 0 spiro atoms. The second-order valence-corrected chi connectivity index (χ2v) is 7.69. The van der Waals surface area contributed by atoms with Crippen LogP contribution in [0.2, 0.25) is 0 Å². The van der Waals surface area contributed by atoms with Crippen molar-refractivity contribution >= 4 is 32.9 Å². The zero-order chi connectivity index (χ0) is 17.3. The molecule has 1 aliphatic rings. The lowest BCUT2D eigenvalue weighted by atomic mass is 10.1. The van der Waals surface area contributed by atoms with Gasteiger partial charge in [-0.25, -0.2) is 8.42 Å². The van der Waals surface area contributed by atoms with Gasteiger partial charge in [-0.2, -0.15) is 4.31 Å². The third-order valence-corrected chi connectivity index (χ3v) is 5.53. The minimum absolute atomic E-state index is 0.394. The van der Waals surface area contributed by atoms with E-state index in [1.165, 1.54) is 10.6 Å². The van der Waals surface area contributed by atoms with Gasteiger partial charge in [0.1, 0.15) is 5.75 Å². The van der Waals surface area contributed by atoms with Crippen LogP contribution < -0.4 is 9.64 Å². The molecule has 1 fully saturated rings. The number of carbonyl (C=O) groups excluding carboxylic acids is 1. The van der Waals surface area contributed by atoms with Crippen LogP contribution in [0.15, 0.2) is 24.4 Å². The first-order valence-electron chi connectivity index (χ1n) is 7.56. The lowest BCUT2D eigenvalue weighted by molar-refractivity contribution is 0.112. The number of methoxy groups -OCH3 is 1. The molecular formula is C16H19N3O4S. The zero-order valence-corrected chi connectivity index (χ0v) is 14.4. The predicted molar refractivity (Wildman–Crippen MR) is 92.3 cm³/mol. The first-order valence-corrected chi connectivity index (χ1v) is 9.41. The summed E-state index contributed by atoms with van der Waals surface area (Å²) < 4.78 is 30.1. The van der Waals surface area contributed by atoms with Crippen LogP contribution in [0, 0.1) is 0 Å². The minimum Gasteiger partial charge on any atom is -0.497 e. The van der Waals surface area contributed by atoms with E-state index in [-0.39, 0.29) is 0 Å². The van der Waals surface area contributed by atoms with Crippen LogP contribution in [0.4, 0.5) is 5.69 Å². The molecule has 0 saturated carbocycles. The zero-order valence-electron chi connectivity index (χ0n) is 13.6. The van der Waals surface area contributed by atoms with Crippen LogP contribution in [-0.4, -0.2) is 63.5 Å². The van der Waals surface area contributed by atoms with Gasteiger partial charge in [-0.05, 0) is 18.2 Å². The summed E-state index contributed by atoms with van der Waals surface area (Å²) >= 11 is 0. The van der Waals surface area contributed by atoms with E-state index in [2.05, 4.69) is 4.98 Å². The average Bonchev–Trinajstić information content (AvgIpc) is 2.59. The Balaban J connectivity index is 2.03. The highest BCUT2D eigenvalue weighted by molar-refractivity contribution is 7.88. The number of nitrogens with zero attached hydrogens (tertiary/aromatic N) is 3. The van der Waals surface area contributed by atoms with Gasteiger partial charge in [-0.3, -0.25) is 9.78 Å². The molecule has 0 unspecified atom stereocenters. The Labute approximate surface area is 140 Å². The molecule has 0 atom stereocenters. The topological polar surface area (TPSA) is 79.8 Å². The first kappa shape index (κ1) is 16.7. The molecule has 2 aromatic rings. The molecule has 3 rings (SSSR count). The van der Waals surface area contributed by atoms with Crippen molar-refractivity contribution in [2.24, 2.45) is 0 Å². The van der Waals surface area contributed by atoms with Crippen LogP contribution in [0.5, 0.6) is 5.75 Å². The molecular weight excluding hydrogens is 330 g/mol. The Morgan fingerprint density at radius 3 is 2.50 bits per heavy atom. The predicted octanol–water partition coefficient (Wildman–Crippen LogP) is 1.14. The van der Waals surface area contributed by atoms with Gasteiger partial charge in [0.15, 0.2) is 6.29 Å². The fourth-order valence-corrected chi connectivity index (χ4v) is 3.81. The summed E-state index contributed by atoms with van der Waals surface area (Å²) in [6, 6.07) is 5.52. The Morgan fingerprint density at radius 2 is 1.92 bits per heavy atom. The summed E-state index contributed by atoms with van der Waals surface area (Å²) in [5, 5.41) is 0.826. The monoisotopic (exact) mass is 349 g/mol. The van der Waals surface area contributed by atoms with Gasteiger partial charge < -0.3 is 9.64 Å². The number of hydrogen-bond donors (Lipinski definition) is 0. The molecule has 0 radical (unpaired) electrons. The van der Waals surface area contributed by atoms with Crippen molar-refractivity contribution in [1.82, 2.24) is 9.29 Å². The van der Waals surface area contributed by atoms with Crippen molar-refractivity contribution in [2.75, 3.05) is 44.4 Å². The second-order valence-electron chi connectivity index (χ2n) is 5.71. The largest absolute Gasteiger partial charge is 0.497 e.